The minimum absolute atomic E-state index is 0.167. The molecule has 0 aromatic carbocycles. The van der Waals surface area contributed by atoms with Crippen LogP contribution in [0.3, 0.4) is 0 Å². The first kappa shape index (κ1) is 6.02. The summed E-state index contributed by atoms with van der Waals surface area (Å²) >= 11 is 0. The van der Waals surface area contributed by atoms with E-state index in [1.54, 1.807) is 6.92 Å². The van der Waals surface area contributed by atoms with Gasteiger partial charge in [-0.05, 0) is 6.92 Å². The van der Waals surface area contributed by atoms with Gasteiger partial charge in [0.15, 0.2) is 0 Å². The molecule has 1 atom stereocenters. The van der Waals surface area contributed by atoms with Crippen LogP contribution in [-0.4, -0.2) is 19.4 Å². The molecule has 0 aromatic rings. The van der Waals surface area contributed by atoms with Gasteiger partial charge in [0.25, 0.3) is 0 Å². The van der Waals surface area contributed by atoms with Crippen LogP contribution in [0.1, 0.15) is 13.8 Å². The molecule has 0 saturated carbocycles. The van der Waals surface area contributed by atoms with E-state index in [2.05, 4.69) is 0 Å². The molecule has 0 aliphatic carbocycles. The van der Waals surface area contributed by atoms with Crippen LogP contribution in [0.15, 0.2) is 0 Å². The third kappa shape index (κ3) is 0.730. The van der Waals surface area contributed by atoms with Crippen molar-refractivity contribution in [3.8, 4) is 0 Å². The highest BCUT2D eigenvalue weighted by Gasteiger charge is 2.38. The average molecular weight is 118 g/mol. The second kappa shape index (κ2) is 1.69. The van der Waals surface area contributed by atoms with Crippen molar-refractivity contribution in [1.29, 1.82) is 0 Å². The molecule has 0 bridgehead atoms. The van der Waals surface area contributed by atoms with Crippen molar-refractivity contribution in [2.24, 2.45) is 5.41 Å². The summed E-state index contributed by atoms with van der Waals surface area (Å²) in [4.78, 5) is 0. The molecule has 0 aromatic heterocycles. The fraction of sp³-hybridized carbons (Fsp3) is 1.00. The Morgan fingerprint density at radius 1 is 1.62 bits per heavy atom. The number of alkyl halides is 1. The van der Waals surface area contributed by atoms with Gasteiger partial charge in [-0.25, -0.2) is 4.39 Å². The van der Waals surface area contributed by atoms with Gasteiger partial charge in [-0.3, -0.25) is 0 Å². The zero-order chi connectivity index (χ0) is 6.20. The molecule has 1 fully saturated rings. The lowest BCUT2D eigenvalue weighted by atomic mass is 9.84. The van der Waals surface area contributed by atoms with Crippen LogP contribution < -0.4 is 0 Å². The molecule has 1 rings (SSSR count). The normalized spacial score (nSPS) is 28.9. The molecule has 2 heteroatoms. The third-order valence-corrected chi connectivity index (χ3v) is 1.82. The molecule has 0 amide bonds. The number of ether oxygens (including phenoxy) is 1. The lowest BCUT2D eigenvalue weighted by molar-refractivity contribution is -0.135. The van der Waals surface area contributed by atoms with E-state index in [-0.39, 0.29) is 5.41 Å². The first-order chi connectivity index (χ1) is 3.65. The van der Waals surface area contributed by atoms with Crippen molar-refractivity contribution in [1.82, 2.24) is 0 Å². The molecule has 0 N–H and O–H groups in total. The summed E-state index contributed by atoms with van der Waals surface area (Å²) in [5.74, 6) is 0. The quantitative estimate of drug-likeness (QED) is 0.505. The number of halogens is 1. The zero-order valence-electron chi connectivity index (χ0n) is 5.28. The Labute approximate surface area is 48.8 Å². The van der Waals surface area contributed by atoms with Crippen LogP contribution in [0.5, 0.6) is 0 Å². The largest absolute Gasteiger partial charge is 0.380 e. The van der Waals surface area contributed by atoms with Gasteiger partial charge in [0.1, 0.15) is 6.17 Å². The minimum atomic E-state index is -0.726. The van der Waals surface area contributed by atoms with Crippen molar-refractivity contribution in [2.45, 2.75) is 20.0 Å². The Morgan fingerprint density at radius 3 is 2.12 bits per heavy atom. The summed E-state index contributed by atoms with van der Waals surface area (Å²) in [7, 11) is 0. The van der Waals surface area contributed by atoms with Crippen LogP contribution in [0.2, 0.25) is 0 Å². The monoisotopic (exact) mass is 118 g/mol. The van der Waals surface area contributed by atoms with Crippen molar-refractivity contribution in [3.05, 3.63) is 0 Å². The van der Waals surface area contributed by atoms with E-state index < -0.39 is 6.17 Å². The predicted molar refractivity (Wildman–Crippen MR) is 29.5 cm³/mol. The second-order valence-electron chi connectivity index (χ2n) is 2.76. The van der Waals surface area contributed by atoms with Gasteiger partial charge in [0.05, 0.1) is 13.2 Å². The summed E-state index contributed by atoms with van der Waals surface area (Å²) in [6.07, 6.45) is -0.726. The van der Waals surface area contributed by atoms with Crippen molar-refractivity contribution >= 4 is 0 Å². The molecule has 8 heavy (non-hydrogen) atoms. The summed E-state index contributed by atoms with van der Waals surface area (Å²) in [6, 6.07) is 0. The van der Waals surface area contributed by atoms with Crippen LogP contribution >= 0.6 is 0 Å². The molecule has 1 aliphatic rings. The fourth-order valence-electron chi connectivity index (χ4n) is 0.654. The van der Waals surface area contributed by atoms with E-state index in [0.29, 0.717) is 13.2 Å². The van der Waals surface area contributed by atoms with E-state index in [1.807, 2.05) is 6.92 Å². The Bertz CT molecular complexity index is 86.5. The maximum atomic E-state index is 12.5. The number of hydrogen-bond donors (Lipinski definition) is 0. The Balaban J connectivity index is 2.41. The molecular formula is C6H11FO. The number of hydrogen-bond acceptors (Lipinski definition) is 1. The van der Waals surface area contributed by atoms with Gasteiger partial charge in [-0.2, -0.15) is 0 Å². The molecule has 0 radical (unpaired) electrons. The molecule has 0 spiro atoms. The topological polar surface area (TPSA) is 9.23 Å². The maximum absolute atomic E-state index is 12.5. The summed E-state index contributed by atoms with van der Waals surface area (Å²) in [5, 5.41) is 0. The van der Waals surface area contributed by atoms with E-state index in [9.17, 15) is 4.39 Å². The molecule has 1 aliphatic heterocycles. The standard InChI is InChI=1S/C6H11FO/c1-5(7)6(2)3-8-4-6/h5H,3-4H2,1-2H3/t5-/m0/s1. The van der Waals surface area contributed by atoms with Crippen LogP contribution in [-0.2, 0) is 4.74 Å². The average Bonchev–Trinajstić information content (AvgIpc) is 1.60. The molecule has 48 valence electrons. The van der Waals surface area contributed by atoms with Crippen molar-refractivity contribution < 1.29 is 9.13 Å². The van der Waals surface area contributed by atoms with E-state index >= 15 is 0 Å². The summed E-state index contributed by atoms with van der Waals surface area (Å²) in [6.45, 7) is 4.67. The van der Waals surface area contributed by atoms with Gasteiger partial charge < -0.3 is 4.74 Å². The van der Waals surface area contributed by atoms with Gasteiger partial charge in [0.2, 0.25) is 0 Å². The SMILES string of the molecule is C[C@H](F)C1(C)COC1. The fourth-order valence-corrected chi connectivity index (χ4v) is 0.654. The molecule has 1 nitrogen and oxygen atoms in total. The lowest BCUT2D eigenvalue weighted by Gasteiger charge is -2.39. The molecule has 0 unspecified atom stereocenters. The van der Waals surface area contributed by atoms with Gasteiger partial charge in [-0.1, -0.05) is 6.92 Å². The van der Waals surface area contributed by atoms with Crippen molar-refractivity contribution in [3.63, 3.8) is 0 Å². The summed E-state index contributed by atoms with van der Waals surface area (Å²) < 4.78 is 17.3. The third-order valence-electron chi connectivity index (χ3n) is 1.82. The molecule has 1 heterocycles. The minimum Gasteiger partial charge on any atom is -0.380 e. The van der Waals surface area contributed by atoms with Crippen LogP contribution in [0.4, 0.5) is 4.39 Å². The highest BCUT2D eigenvalue weighted by Crippen LogP contribution is 2.31. The van der Waals surface area contributed by atoms with Gasteiger partial charge in [0, 0.05) is 5.41 Å². The molecular weight excluding hydrogens is 107 g/mol. The van der Waals surface area contributed by atoms with Crippen LogP contribution in [0, 0.1) is 5.41 Å². The Morgan fingerprint density at radius 2 is 2.12 bits per heavy atom. The zero-order valence-corrected chi connectivity index (χ0v) is 5.28. The number of rotatable bonds is 1. The smallest absolute Gasteiger partial charge is 0.107 e. The highest BCUT2D eigenvalue weighted by atomic mass is 19.1. The van der Waals surface area contributed by atoms with E-state index in [0.717, 1.165) is 0 Å². The van der Waals surface area contributed by atoms with E-state index in [4.69, 9.17) is 4.74 Å². The first-order valence-electron chi connectivity index (χ1n) is 2.87. The lowest BCUT2D eigenvalue weighted by Crippen LogP contribution is -2.45. The molecule has 1 saturated heterocycles. The maximum Gasteiger partial charge on any atom is 0.107 e. The van der Waals surface area contributed by atoms with Crippen LogP contribution in [0.25, 0.3) is 0 Å². The van der Waals surface area contributed by atoms with Gasteiger partial charge >= 0.3 is 0 Å². The first-order valence-corrected chi connectivity index (χ1v) is 2.87. The Kier molecular flexibility index (Phi) is 1.27. The van der Waals surface area contributed by atoms with E-state index in [1.165, 1.54) is 0 Å². The summed E-state index contributed by atoms with van der Waals surface area (Å²) in [5.41, 5.74) is -0.167. The van der Waals surface area contributed by atoms with Gasteiger partial charge in [-0.15, -0.1) is 0 Å². The predicted octanol–water partition coefficient (Wildman–Crippen LogP) is 1.38. The second-order valence-corrected chi connectivity index (χ2v) is 2.76. The Hall–Kier alpha value is -0.110. The van der Waals surface area contributed by atoms with Crippen molar-refractivity contribution in [2.75, 3.05) is 13.2 Å². The highest BCUT2D eigenvalue weighted by molar-refractivity contribution is 4.85.